The van der Waals surface area contributed by atoms with Crippen molar-refractivity contribution in [1.29, 1.82) is 0 Å². The Balaban J connectivity index is 1.25. The zero-order chi connectivity index (χ0) is 69.3. The molecular weight excluding hydrogens is 1230 g/mol. The number of nitrogens with two attached hydrogens (primary N) is 3. The fourth-order valence-electron chi connectivity index (χ4n) is 10.4. The molecule has 0 aromatic heterocycles. The number of nitrogens with zero attached hydrogens (tertiary/aromatic N) is 3. The van der Waals surface area contributed by atoms with Crippen LogP contribution in [0, 0.1) is 5.92 Å². The van der Waals surface area contributed by atoms with Crippen molar-refractivity contribution in [3.05, 3.63) is 95.6 Å². The molecule has 94 heavy (non-hydrogen) atoms. The number of phenols is 2. The molecule has 0 spiro atoms. The van der Waals surface area contributed by atoms with Crippen LogP contribution in [0.5, 0.6) is 11.5 Å². The number of benzene rings is 3. The van der Waals surface area contributed by atoms with Crippen molar-refractivity contribution >= 4 is 76.9 Å². The quantitative estimate of drug-likeness (QED) is 0.0152. The number of aromatic hydroxyl groups is 2. The van der Waals surface area contributed by atoms with Crippen molar-refractivity contribution < 1.29 is 83.1 Å². The number of rotatable bonds is 34. The van der Waals surface area contributed by atoms with Gasteiger partial charge in [0.05, 0.1) is 25.8 Å². The molecule has 32 heteroatoms. The zero-order valence-corrected chi connectivity index (χ0v) is 52.7. The van der Waals surface area contributed by atoms with Gasteiger partial charge >= 0.3 is 5.97 Å². The molecule has 2 heterocycles. The van der Waals surface area contributed by atoms with Crippen molar-refractivity contribution in [3.63, 3.8) is 0 Å². The Bertz CT molecular complexity index is 3170. The number of carboxylic acid groups (broad SMARTS) is 1. The van der Waals surface area contributed by atoms with Crippen LogP contribution in [-0.4, -0.2) is 218 Å². The van der Waals surface area contributed by atoms with E-state index in [9.17, 15) is 83.1 Å². The highest BCUT2D eigenvalue weighted by atomic mass is 16.4. The molecule has 0 unspecified atom stereocenters. The highest BCUT2D eigenvalue weighted by Gasteiger charge is 2.45. The van der Waals surface area contributed by atoms with Crippen LogP contribution in [0.15, 0.2) is 83.9 Å². The minimum atomic E-state index is -1.70. The molecule has 2 aliphatic heterocycles. The van der Waals surface area contributed by atoms with Crippen LogP contribution in [0.2, 0.25) is 0 Å². The van der Waals surface area contributed by atoms with E-state index in [0.29, 0.717) is 36.0 Å². The lowest BCUT2D eigenvalue weighted by molar-refractivity contribution is -0.148. The molecule has 20 N–H and O–H groups in total. The van der Waals surface area contributed by atoms with Crippen molar-refractivity contribution in [2.24, 2.45) is 28.1 Å². The van der Waals surface area contributed by atoms with Crippen molar-refractivity contribution in [2.75, 3.05) is 39.4 Å². The first kappa shape index (κ1) is 74.8. The molecule has 3 aromatic carbocycles. The highest BCUT2D eigenvalue weighted by molar-refractivity contribution is 5.99. The van der Waals surface area contributed by atoms with Gasteiger partial charge in [-0.15, -0.1) is 0 Å². The Kier molecular flexibility index (Phi) is 28.9. The Morgan fingerprint density at radius 2 is 1.00 bits per heavy atom. The molecule has 0 aliphatic carbocycles. The summed E-state index contributed by atoms with van der Waals surface area (Å²) in [6, 6.07) is 4.82. The summed E-state index contributed by atoms with van der Waals surface area (Å²) < 4.78 is 0. The van der Waals surface area contributed by atoms with Crippen LogP contribution in [0.1, 0.15) is 82.9 Å². The maximum atomic E-state index is 14.6. The van der Waals surface area contributed by atoms with Gasteiger partial charge in [-0.25, -0.2) is 4.79 Å². The van der Waals surface area contributed by atoms with Crippen LogP contribution < -0.4 is 65.1 Å². The third-order valence-electron chi connectivity index (χ3n) is 15.7. The van der Waals surface area contributed by atoms with E-state index in [4.69, 9.17) is 17.2 Å². The standard InChI is InChI=1S/C62H87N15O17/c1-33(2)50(61(93)94)75-52(84)35(4)68-54(86)42(27-36-11-6-5-7-12-36)72-55(87)43(28-37-16-20-39(80)21-17-37)71-51(83)34(3)69-56(88)46(32-79)74-58(90)47-14-9-25-76(47)60(92)48-15-10-26-77(48)59(91)44(29-38-18-22-40(81)23-19-38)73-57(89)45(31-78)70-49(82)30-67-53(85)41(63)13-8-24-66-62(64)65/h5-7,11-12,16-23,33-35,41-48,50,78-81H,8-10,13-15,24-32,63H2,1-4H3,(H,67,85)(H,68,86)(H,69,88)(H,70,82)(H,71,83)(H,72,87)(H,73,89)(H,74,90)(H,75,84)(H,93,94)(H4,64,65,66)/t34-,35-,41-,42-,43-,44-,45-,46-,47-,48-,50-/m0/s1. The fraction of sp³-hybridized carbons (Fsp3) is 0.500. The number of guanidine groups is 1. The van der Waals surface area contributed by atoms with E-state index in [1.54, 1.807) is 44.2 Å². The molecule has 11 amide bonds. The lowest BCUT2D eigenvalue weighted by Gasteiger charge is -2.33. The number of amides is 11. The number of aliphatic carboxylic acids is 1. The smallest absolute Gasteiger partial charge is 0.326 e. The summed E-state index contributed by atoms with van der Waals surface area (Å²) in [5, 5.41) is 72.5. The number of aliphatic hydroxyl groups is 2. The predicted octanol–water partition coefficient (Wildman–Crippen LogP) is -4.75. The number of likely N-dealkylation sites (tertiary alicyclic amines) is 2. The third kappa shape index (κ3) is 22.7. The van der Waals surface area contributed by atoms with Crippen LogP contribution >= 0.6 is 0 Å². The second-order valence-corrected chi connectivity index (χ2v) is 23.3. The summed E-state index contributed by atoms with van der Waals surface area (Å²) >= 11 is 0. The highest BCUT2D eigenvalue weighted by Crippen LogP contribution is 2.27. The molecule has 5 rings (SSSR count). The first-order valence-electron chi connectivity index (χ1n) is 30.8. The van der Waals surface area contributed by atoms with E-state index < -0.39 is 163 Å². The number of carboxylic acids is 1. The van der Waals surface area contributed by atoms with Gasteiger partial charge in [0, 0.05) is 38.9 Å². The second-order valence-electron chi connectivity index (χ2n) is 23.3. The summed E-state index contributed by atoms with van der Waals surface area (Å²) in [6.07, 6.45) is 0.867. The Morgan fingerprint density at radius 1 is 0.543 bits per heavy atom. The van der Waals surface area contributed by atoms with E-state index in [1.165, 1.54) is 72.2 Å². The lowest BCUT2D eigenvalue weighted by atomic mass is 10.0. The molecule has 0 bridgehead atoms. The third-order valence-corrected chi connectivity index (χ3v) is 15.7. The Labute approximate surface area is 542 Å². The predicted molar refractivity (Wildman–Crippen MR) is 338 cm³/mol. The van der Waals surface area contributed by atoms with Gasteiger partial charge in [0.2, 0.25) is 65.0 Å². The SMILES string of the molecule is CC(C)[C@H](NC(=O)[C@H](C)NC(=O)[C@H](Cc1ccccc1)NC(=O)[C@H](Cc1ccc(O)cc1)NC(=O)[C@H](C)NC(=O)[C@H](CO)NC(=O)[C@@H]1CCCN1C(=O)[C@@H]1CCCN1C(=O)[C@H](Cc1ccc(O)cc1)NC(=O)[C@H](CO)NC(=O)CNC(=O)[C@@H](N)CCCN=C(N)N)C(=O)O. The van der Waals surface area contributed by atoms with Crippen LogP contribution in [0.4, 0.5) is 0 Å². The zero-order valence-electron chi connectivity index (χ0n) is 52.7. The van der Waals surface area contributed by atoms with Crippen molar-refractivity contribution in [3.8, 4) is 11.5 Å². The van der Waals surface area contributed by atoms with E-state index in [-0.39, 0.29) is 75.6 Å². The maximum absolute atomic E-state index is 14.6. The fourth-order valence-corrected chi connectivity index (χ4v) is 10.4. The van der Waals surface area contributed by atoms with Crippen molar-refractivity contribution in [2.45, 2.75) is 152 Å². The first-order chi connectivity index (χ1) is 44.6. The molecule has 11 atom stereocenters. The van der Waals surface area contributed by atoms with Gasteiger partial charge in [0.25, 0.3) is 0 Å². The minimum absolute atomic E-state index is 0.0311. The monoisotopic (exact) mass is 1310 g/mol. The Hall–Kier alpha value is -9.95. The number of nitrogens with one attached hydrogen (secondary N) is 9. The summed E-state index contributed by atoms with van der Waals surface area (Å²) in [7, 11) is 0. The minimum Gasteiger partial charge on any atom is -0.508 e. The van der Waals surface area contributed by atoms with Gasteiger partial charge in [-0.3, -0.25) is 57.7 Å². The molecular formula is C62H87N15O17. The molecule has 3 aromatic rings. The normalized spacial score (nSPS) is 17.2. The number of phenolic OH excluding ortho intramolecular Hbond substituents is 2. The molecule has 0 radical (unpaired) electrons. The van der Waals surface area contributed by atoms with E-state index in [0.717, 1.165) is 0 Å². The summed E-state index contributed by atoms with van der Waals surface area (Å²) in [4.78, 5) is 170. The molecule has 2 fully saturated rings. The molecule has 2 aliphatic rings. The topological polar surface area (TPSA) is 511 Å². The number of aliphatic imine (C=N–C) groups is 1. The van der Waals surface area contributed by atoms with Gasteiger partial charge in [0.1, 0.15) is 71.9 Å². The van der Waals surface area contributed by atoms with Crippen LogP contribution in [-0.2, 0) is 76.8 Å². The molecule has 32 nitrogen and oxygen atoms in total. The number of hydrogen-bond donors (Lipinski definition) is 17. The van der Waals surface area contributed by atoms with Gasteiger partial charge in [-0.2, -0.15) is 0 Å². The number of aliphatic hydroxyl groups excluding tert-OH is 2. The number of hydrogen-bond acceptors (Lipinski definition) is 18. The van der Waals surface area contributed by atoms with E-state index >= 15 is 0 Å². The van der Waals surface area contributed by atoms with Gasteiger partial charge in [-0.1, -0.05) is 68.4 Å². The lowest BCUT2D eigenvalue weighted by Crippen LogP contribution is -2.61. The van der Waals surface area contributed by atoms with Crippen LogP contribution in [0.25, 0.3) is 0 Å². The maximum Gasteiger partial charge on any atom is 0.326 e. The molecule has 2 saturated heterocycles. The number of carbonyl (C=O) groups excluding carboxylic acids is 11. The average molecular weight is 1310 g/mol. The molecule has 0 saturated carbocycles. The van der Waals surface area contributed by atoms with Gasteiger partial charge < -0.3 is 100 Å². The largest absolute Gasteiger partial charge is 0.508 e. The Morgan fingerprint density at radius 3 is 1.53 bits per heavy atom. The van der Waals surface area contributed by atoms with Gasteiger partial charge in [0.15, 0.2) is 5.96 Å². The van der Waals surface area contributed by atoms with Gasteiger partial charge in [-0.05, 0) is 99.2 Å². The average Bonchev–Trinajstić information content (AvgIpc) is 1.62. The van der Waals surface area contributed by atoms with Crippen molar-refractivity contribution in [1.82, 2.24) is 57.7 Å². The molecule has 512 valence electrons. The second kappa shape index (κ2) is 36.3. The summed E-state index contributed by atoms with van der Waals surface area (Å²) in [6.45, 7) is 3.49. The van der Waals surface area contributed by atoms with Crippen LogP contribution in [0.3, 0.4) is 0 Å². The summed E-state index contributed by atoms with van der Waals surface area (Å²) in [5.41, 5.74) is 18.0. The first-order valence-corrected chi connectivity index (χ1v) is 30.8. The summed E-state index contributed by atoms with van der Waals surface area (Å²) in [5.74, 6) is -11.5. The number of carbonyl (C=O) groups is 12. The van der Waals surface area contributed by atoms with E-state index in [2.05, 4.69) is 52.8 Å². The van der Waals surface area contributed by atoms with E-state index in [1.807, 2.05) is 0 Å².